The molecule has 0 aromatic heterocycles. The summed E-state index contributed by atoms with van der Waals surface area (Å²) in [6.45, 7) is 3.92. The van der Waals surface area contributed by atoms with Crippen LogP contribution in [0.3, 0.4) is 0 Å². The van der Waals surface area contributed by atoms with Crippen LogP contribution in [0.15, 0.2) is 24.3 Å². The molecular weight excluding hydrogens is 305 g/mol. The van der Waals surface area contributed by atoms with Gasteiger partial charge in [-0.25, -0.2) is 4.39 Å². The fourth-order valence-corrected chi connectivity index (χ4v) is 3.85. The van der Waals surface area contributed by atoms with Crippen LogP contribution in [0.5, 0.6) is 0 Å². The Morgan fingerprint density at radius 2 is 1.89 bits per heavy atom. The van der Waals surface area contributed by atoms with E-state index in [4.69, 9.17) is 0 Å². The fraction of sp³-hybridized carbons (Fsp3) is 0.625. The predicted octanol–water partition coefficient (Wildman–Crippen LogP) is 5.00. The van der Waals surface area contributed by atoms with Crippen molar-refractivity contribution in [2.45, 2.75) is 39.0 Å². The summed E-state index contributed by atoms with van der Waals surface area (Å²) in [5.41, 5.74) is 1.06. The van der Waals surface area contributed by atoms with Gasteiger partial charge in [0.15, 0.2) is 0 Å². The molecule has 0 aliphatic heterocycles. The van der Waals surface area contributed by atoms with Crippen molar-refractivity contribution in [3.8, 4) is 0 Å². The molecule has 2 rings (SSSR count). The second kappa shape index (κ2) is 6.74. The number of hydrogen-bond donors (Lipinski definition) is 0. The third kappa shape index (κ3) is 3.50. The highest BCUT2D eigenvalue weighted by Gasteiger charge is 2.33. The van der Waals surface area contributed by atoms with Crippen molar-refractivity contribution < 1.29 is 4.39 Å². The number of benzene rings is 1. The zero-order valence-corrected chi connectivity index (χ0v) is 13.3. The van der Waals surface area contributed by atoms with Gasteiger partial charge < -0.3 is 4.90 Å². The van der Waals surface area contributed by atoms with Crippen LogP contribution in [-0.2, 0) is 0 Å². The highest BCUT2D eigenvalue weighted by Crippen LogP contribution is 2.39. The Morgan fingerprint density at radius 3 is 2.47 bits per heavy atom. The van der Waals surface area contributed by atoms with Gasteiger partial charge in [-0.15, -0.1) is 0 Å². The molecule has 0 saturated heterocycles. The first-order valence-corrected chi connectivity index (χ1v) is 8.38. The van der Waals surface area contributed by atoms with Crippen molar-refractivity contribution in [3.63, 3.8) is 0 Å². The summed E-state index contributed by atoms with van der Waals surface area (Å²) in [7, 11) is 0. The lowest BCUT2D eigenvalue weighted by molar-refractivity contribution is 0.229. The minimum absolute atomic E-state index is 0.107. The number of hydrogen-bond acceptors (Lipinski definition) is 1. The van der Waals surface area contributed by atoms with Crippen molar-refractivity contribution in [2.24, 2.45) is 5.41 Å². The molecule has 19 heavy (non-hydrogen) atoms. The number of rotatable bonds is 5. The molecule has 3 heteroatoms. The minimum Gasteiger partial charge on any atom is -0.369 e. The van der Waals surface area contributed by atoms with Crippen LogP contribution < -0.4 is 4.90 Å². The second-order valence-electron chi connectivity index (χ2n) is 5.66. The largest absolute Gasteiger partial charge is 0.369 e. The van der Waals surface area contributed by atoms with Crippen LogP contribution in [0, 0.1) is 11.2 Å². The predicted molar refractivity (Wildman–Crippen MR) is 83.6 cm³/mol. The molecule has 1 aromatic rings. The van der Waals surface area contributed by atoms with E-state index in [0.29, 0.717) is 5.41 Å². The molecule has 0 bridgehead atoms. The smallest absolute Gasteiger partial charge is 0.146 e. The van der Waals surface area contributed by atoms with Gasteiger partial charge in [0.05, 0.1) is 5.69 Å². The molecule has 0 radical (unpaired) electrons. The van der Waals surface area contributed by atoms with Crippen molar-refractivity contribution in [1.29, 1.82) is 0 Å². The van der Waals surface area contributed by atoms with E-state index in [2.05, 4.69) is 27.8 Å². The Kier molecular flexibility index (Phi) is 5.26. The van der Waals surface area contributed by atoms with Gasteiger partial charge in [-0.1, -0.05) is 47.3 Å². The maximum absolute atomic E-state index is 14.0. The van der Waals surface area contributed by atoms with Crippen LogP contribution in [0.2, 0.25) is 0 Å². The maximum Gasteiger partial charge on any atom is 0.146 e. The Hall–Kier alpha value is -0.570. The van der Waals surface area contributed by atoms with Crippen LogP contribution in [0.4, 0.5) is 10.1 Å². The first-order valence-electron chi connectivity index (χ1n) is 7.26. The SMILES string of the molecule is CCN(CC1(CBr)CCCCC1)c1ccccc1F. The molecule has 0 unspecified atom stereocenters. The van der Waals surface area contributed by atoms with Gasteiger partial charge >= 0.3 is 0 Å². The molecule has 1 fully saturated rings. The molecule has 106 valence electrons. The zero-order valence-electron chi connectivity index (χ0n) is 11.7. The van der Waals surface area contributed by atoms with Gasteiger partial charge in [0.1, 0.15) is 5.82 Å². The molecular formula is C16H23BrFN. The van der Waals surface area contributed by atoms with E-state index in [1.54, 1.807) is 12.1 Å². The van der Waals surface area contributed by atoms with Gasteiger partial charge in [0.2, 0.25) is 0 Å². The summed E-state index contributed by atoms with van der Waals surface area (Å²) >= 11 is 3.70. The number of para-hydroxylation sites is 1. The van der Waals surface area contributed by atoms with E-state index in [1.807, 2.05) is 12.1 Å². The van der Waals surface area contributed by atoms with Crippen LogP contribution >= 0.6 is 15.9 Å². The van der Waals surface area contributed by atoms with E-state index in [1.165, 1.54) is 32.1 Å². The first-order chi connectivity index (χ1) is 9.21. The average Bonchev–Trinajstić information content (AvgIpc) is 2.47. The van der Waals surface area contributed by atoms with E-state index in [0.717, 1.165) is 24.1 Å². The lowest BCUT2D eigenvalue weighted by Crippen LogP contribution is -2.40. The van der Waals surface area contributed by atoms with Crippen molar-refractivity contribution >= 4 is 21.6 Å². The van der Waals surface area contributed by atoms with Crippen LogP contribution in [0.25, 0.3) is 0 Å². The van der Waals surface area contributed by atoms with Crippen molar-refractivity contribution in [2.75, 3.05) is 23.3 Å². The lowest BCUT2D eigenvalue weighted by Gasteiger charge is -2.40. The van der Waals surface area contributed by atoms with Crippen LogP contribution in [0.1, 0.15) is 39.0 Å². The van der Waals surface area contributed by atoms with Gasteiger partial charge in [-0.2, -0.15) is 0 Å². The van der Waals surface area contributed by atoms with Gasteiger partial charge in [0, 0.05) is 18.4 Å². The summed E-state index contributed by atoms with van der Waals surface area (Å²) in [5, 5.41) is 1.02. The van der Waals surface area contributed by atoms with Gasteiger partial charge in [-0.3, -0.25) is 0 Å². The molecule has 0 N–H and O–H groups in total. The fourth-order valence-electron chi connectivity index (χ4n) is 3.12. The Balaban J connectivity index is 2.16. The molecule has 1 aromatic carbocycles. The molecule has 0 atom stereocenters. The lowest BCUT2D eigenvalue weighted by atomic mass is 9.75. The summed E-state index contributed by atoms with van der Waals surface area (Å²) in [6, 6.07) is 7.12. The molecule has 0 spiro atoms. The van der Waals surface area contributed by atoms with Crippen molar-refractivity contribution in [1.82, 2.24) is 0 Å². The topological polar surface area (TPSA) is 3.24 Å². The van der Waals surface area contributed by atoms with Gasteiger partial charge in [-0.05, 0) is 37.3 Å². The Labute approximate surface area is 124 Å². The van der Waals surface area contributed by atoms with E-state index in [9.17, 15) is 4.39 Å². The summed E-state index contributed by atoms with van der Waals surface area (Å²) in [5.74, 6) is -0.107. The summed E-state index contributed by atoms with van der Waals surface area (Å²) < 4.78 is 14.0. The zero-order chi connectivity index (χ0) is 13.7. The maximum atomic E-state index is 14.0. The minimum atomic E-state index is -0.107. The number of halogens is 2. The second-order valence-corrected chi connectivity index (χ2v) is 6.22. The monoisotopic (exact) mass is 327 g/mol. The van der Waals surface area contributed by atoms with E-state index < -0.39 is 0 Å². The molecule has 1 saturated carbocycles. The van der Waals surface area contributed by atoms with Crippen molar-refractivity contribution in [3.05, 3.63) is 30.1 Å². The average molecular weight is 328 g/mol. The van der Waals surface area contributed by atoms with E-state index in [-0.39, 0.29) is 5.82 Å². The molecule has 0 amide bonds. The number of nitrogens with zero attached hydrogens (tertiary/aromatic N) is 1. The normalized spacial score (nSPS) is 18.3. The highest BCUT2D eigenvalue weighted by molar-refractivity contribution is 9.09. The Morgan fingerprint density at radius 1 is 1.21 bits per heavy atom. The Bertz CT molecular complexity index is 401. The standard InChI is InChI=1S/C16H23BrFN/c1-2-19(15-9-5-4-8-14(15)18)13-16(12-17)10-6-3-7-11-16/h4-5,8-9H,2-3,6-7,10-13H2,1H3. The molecule has 0 heterocycles. The number of anilines is 1. The number of alkyl halides is 1. The summed E-state index contributed by atoms with van der Waals surface area (Å²) in [4.78, 5) is 2.20. The third-order valence-electron chi connectivity index (χ3n) is 4.30. The van der Waals surface area contributed by atoms with Crippen LogP contribution in [-0.4, -0.2) is 18.4 Å². The highest BCUT2D eigenvalue weighted by atomic mass is 79.9. The van der Waals surface area contributed by atoms with Gasteiger partial charge in [0.25, 0.3) is 0 Å². The molecule has 1 nitrogen and oxygen atoms in total. The quantitative estimate of drug-likeness (QED) is 0.688. The molecule has 1 aliphatic rings. The molecule has 1 aliphatic carbocycles. The third-order valence-corrected chi connectivity index (χ3v) is 5.49. The van der Waals surface area contributed by atoms with E-state index >= 15 is 0 Å². The first kappa shape index (κ1) is 14.8. The summed E-state index contributed by atoms with van der Waals surface area (Å²) in [6.07, 6.45) is 6.47.